The molecule has 0 atom stereocenters. The van der Waals surface area contributed by atoms with E-state index in [0.29, 0.717) is 0 Å². The molecule has 0 radical (unpaired) electrons. The Hall–Kier alpha value is -2.13. The van der Waals surface area contributed by atoms with Crippen molar-refractivity contribution in [1.29, 1.82) is 0 Å². The smallest absolute Gasteiger partial charge is 0.323 e. The van der Waals surface area contributed by atoms with Crippen LogP contribution in [0.15, 0.2) is 23.1 Å². The van der Waals surface area contributed by atoms with E-state index in [0.717, 1.165) is 11.0 Å². The molecular formula is C11H14N2O6S. The van der Waals surface area contributed by atoms with Crippen molar-refractivity contribution >= 4 is 21.9 Å². The summed E-state index contributed by atoms with van der Waals surface area (Å²) in [5, 5.41) is 13.6. The zero-order valence-corrected chi connectivity index (χ0v) is 11.7. The van der Waals surface area contributed by atoms with Crippen LogP contribution in [0.4, 0.5) is 0 Å². The highest BCUT2D eigenvalue weighted by atomic mass is 32.2. The van der Waals surface area contributed by atoms with Crippen LogP contribution in [-0.2, 0) is 14.8 Å². The van der Waals surface area contributed by atoms with E-state index in [1.807, 2.05) is 0 Å². The van der Waals surface area contributed by atoms with Crippen molar-refractivity contribution in [1.82, 2.24) is 4.90 Å². The molecule has 3 N–H and O–H groups in total. The maximum absolute atomic E-state index is 12.1. The molecule has 9 heteroatoms. The monoisotopic (exact) mass is 302 g/mol. The Kier molecular flexibility index (Phi) is 4.69. The summed E-state index contributed by atoms with van der Waals surface area (Å²) in [6.45, 7) is -0.526. The molecular weight excluding hydrogens is 288 g/mol. The lowest BCUT2D eigenvalue weighted by molar-refractivity contribution is -0.137. The summed E-state index contributed by atoms with van der Waals surface area (Å²) in [7, 11) is -1.39. The summed E-state index contributed by atoms with van der Waals surface area (Å²) >= 11 is 0. The van der Waals surface area contributed by atoms with E-state index in [9.17, 15) is 18.0 Å². The fourth-order valence-electron chi connectivity index (χ4n) is 1.51. The number of benzene rings is 1. The molecule has 0 aliphatic carbocycles. The number of primary sulfonamides is 1. The molecule has 1 rings (SSSR count). The van der Waals surface area contributed by atoms with Crippen molar-refractivity contribution in [2.24, 2.45) is 5.14 Å². The van der Waals surface area contributed by atoms with Gasteiger partial charge in [-0.05, 0) is 18.2 Å². The molecule has 0 heterocycles. The van der Waals surface area contributed by atoms with Crippen molar-refractivity contribution in [3.8, 4) is 5.75 Å². The highest BCUT2D eigenvalue weighted by molar-refractivity contribution is 7.89. The maximum atomic E-state index is 12.1. The zero-order valence-electron chi connectivity index (χ0n) is 10.9. The number of aliphatic carboxylic acids is 1. The second-order valence-corrected chi connectivity index (χ2v) is 5.52. The Morgan fingerprint density at radius 1 is 1.40 bits per heavy atom. The first kappa shape index (κ1) is 15.9. The third-order valence-electron chi connectivity index (χ3n) is 2.45. The van der Waals surface area contributed by atoms with Gasteiger partial charge in [-0.1, -0.05) is 0 Å². The largest absolute Gasteiger partial charge is 0.496 e. The number of nitrogens with two attached hydrogens (primary N) is 1. The van der Waals surface area contributed by atoms with Crippen LogP contribution in [0.5, 0.6) is 5.75 Å². The molecule has 0 unspecified atom stereocenters. The van der Waals surface area contributed by atoms with Gasteiger partial charge in [-0.15, -0.1) is 0 Å². The first-order valence-corrected chi connectivity index (χ1v) is 6.89. The van der Waals surface area contributed by atoms with E-state index < -0.39 is 28.4 Å². The van der Waals surface area contributed by atoms with E-state index in [-0.39, 0.29) is 16.2 Å². The lowest BCUT2D eigenvalue weighted by atomic mass is 10.1. The fraction of sp³-hybridized carbons (Fsp3) is 0.273. The Bertz CT molecular complexity index is 640. The minimum absolute atomic E-state index is 0.0808. The van der Waals surface area contributed by atoms with Crippen molar-refractivity contribution < 1.29 is 27.9 Å². The van der Waals surface area contributed by atoms with E-state index in [1.165, 1.54) is 26.3 Å². The maximum Gasteiger partial charge on any atom is 0.323 e. The highest BCUT2D eigenvalue weighted by Crippen LogP contribution is 2.23. The van der Waals surface area contributed by atoms with Crippen LogP contribution in [-0.4, -0.2) is 51.0 Å². The predicted octanol–water partition coefficient (Wildman–Crippen LogP) is -0.501. The van der Waals surface area contributed by atoms with Crippen molar-refractivity contribution in [2.45, 2.75) is 4.90 Å². The number of rotatable bonds is 5. The van der Waals surface area contributed by atoms with Gasteiger partial charge in [-0.25, -0.2) is 13.6 Å². The SMILES string of the molecule is COc1ccc(S(N)(=O)=O)cc1C(=O)N(C)CC(=O)O. The number of carboxylic acids is 1. The van der Waals surface area contributed by atoms with Gasteiger partial charge in [-0.2, -0.15) is 0 Å². The molecule has 0 saturated heterocycles. The van der Waals surface area contributed by atoms with Crippen LogP contribution in [0.25, 0.3) is 0 Å². The molecule has 8 nitrogen and oxygen atoms in total. The number of carboxylic acid groups (broad SMARTS) is 1. The Balaban J connectivity index is 3.27. The predicted molar refractivity (Wildman–Crippen MR) is 69.0 cm³/mol. The third-order valence-corrected chi connectivity index (χ3v) is 3.36. The average molecular weight is 302 g/mol. The minimum atomic E-state index is -3.98. The number of methoxy groups -OCH3 is 1. The Morgan fingerprint density at radius 3 is 2.45 bits per heavy atom. The summed E-state index contributed by atoms with van der Waals surface area (Å²) in [6, 6.07) is 3.53. The van der Waals surface area contributed by atoms with Gasteiger partial charge >= 0.3 is 5.97 Å². The molecule has 0 aliphatic rings. The van der Waals surface area contributed by atoms with Crippen LogP contribution in [0, 0.1) is 0 Å². The Labute approximate surface area is 115 Å². The highest BCUT2D eigenvalue weighted by Gasteiger charge is 2.21. The van der Waals surface area contributed by atoms with E-state index >= 15 is 0 Å². The molecule has 0 bridgehead atoms. The topological polar surface area (TPSA) is 127 Å². The number of likely N-dealkylation sites (N-methyl/N-ethyl adjacent to an activating group) is 1. The van der Waals surface area contributed by atoms with E-state index in [2.05, 4.69) is 0 Å². The molecule has 0 aliphatic heterocycles. The van der Waals surface area contributed by atoms with Crippen molar-refractivity contribution in [2.75, 3.05) is 20.7 Å². The van der Waals surface area contributed by atoms with Crippen molar-refractivity contribution in [3.05, 3.63) is 23.8 Å². The van der Waals surface area contributed by atoms with Crippen LogP contribution >= 0.6 is 0 Å². The fourth-order valence-corrected chi connectivity index (χ4v) is 2.05. The molecule has 1 amide bonds. The molecule has 20 heavy (non-hydrogen) atoms. The summed E-state index contributed by atoms with van der Waals surface area (Å²) in [5.41, 5.74) is -0.0808. The van der Waals surface area contributed by atoms with Gasteiger partial charge in [-0.3, -0.25) is 9.59 Å². The Morgan fingerprint density at radius 2 is 2.00 bits per heavy atom. The van der Waals surface area contributed by atoms with Gasteiger partial charge in [0.15, 0.2) is 0 Å². The number of ether oxygens (including phenoxy) is 1. The summed E-state index contributed by atoms with van der Waals surface area (Å²) < 4.78 is 27.5. The van der Waals surface area contributed by atoms with Gasteiger partial charge in [0, 0.05) is 7.05 Å². The van der Waals surface area contributed by atoms with Gasteiger partial charge in [0.1, 0.15) is 12.3 Å². The number of hydrogen-bond donors (Lipinski definition) is 2. The quantitative estimate of drug-likeness (QED) is 0.754. The number of sulfonamides is 1. The lowest BCUT2D eigenvalue weighted by Crippen LogP contribution is -2.32. The molecule has 1 aromatic rings. The standard InChI is InChI=1S/C11H14N2O6S/c1-13(6-10(14)15)11(16)8-5-7(20(12,17)18)3-4-9(8)19-2/h3-5H,6H2,1-2H3,(H,14,15)(H2,12,17,18). The number of carbonyl (C=O) groups is 2. The van der Waals surface area contributed by atoms with Gasteiger partial charge in [0.05, 0.1) is 17.6 Å². The lowest BCUT2D eigenvalue weighted by Gasteiger charge is -2.17. The molecule has 1 aromatic carbocycles. The average Bonchev–Trinajstić information content (AvgIpc) is 2.35. The summed E-state index contributed by atoms with van der Waals surface area (Å²) in [5.74, 6) is -1.75. The van der Waals surface area contributed by atoms with Gasteiger partial charge < -0.3 is 14.7 Å². The third kappa shape index (κ3) is 3.68. The minimum Gasteiger partial charge on any atom is -0.496 e. The van der Waals surface area contributed by atoms with Crippen LogP contribution in [0.3, 0.4) is 0 Å². The normalized spacial score (nSPS) is 10.9. The molecule has 0 spiro atoms. The molecule has 0 aromatic heterocycles. The molecule has 0 saturated carbocycles. The number of amides is 1. The first-order valence-electron chi connectivity index (χ1n) is 5.35. The van der Waals surface area contributed by atoms with Crippen LogP contribution in [0.1, 0.15) is 10.4 Å². The van der Waals surface area contributed by atoms with Gasteiger partial charge in [0.25, 0.3) is 5.91 Å². The van der Waals surface area contributed by atoms with Crippen molar-refractivity contribution in [3.63, 3.8) is 0 Å². The number of hydrogen-bond acceptors (Lipinski definition) is 5. The zero-order chi connectivity index (χ0) is 15.5. The van der Waals surface area contributed by atoms with Crippen LogP contribution in [0.2, 0.25) is 0 Å². The summed E-state index contributed by atoms with van der Waals surface area (Å²) in [4.78, 5) is 23.3. The van der Waals surface area contributed by atoms with Gasteiger partial charge in [0.2, 0.25) is 10.0 Å². The number of nitrogens with zero attached hydrogens (tertiary/aromatic N) is 1. The first-order chi connectivity index (χ1) is 9.16. The number of carbonyl (C=O) groups excluding carboxylic acids is 1. The molecule has 110 valence electrons. The van der Waals surface area contributed by atoms with E-state index in [1.54, 1.807) is 0 Å². The van der Waals surface area contributed by atoms with E-state index in [4.69, 9.17) is 15.0 Å². The summed E-state index contributed by atoms with van der Waals surface area (Å²) in [6.07, 6.45) is 0. The second-order valence-electron chi connectivity index (χ2n) is 3.96. The molecule has 0 fully saturated rings. The van der Waals surface area contributed by atoms with Crippen LogP contribution < -0.4 is 9.88 Å². The second kappa shape index (κ2) is 5.88.